The van der Waals surface area contributed by atoms with Crippen LogP contribution in [0.25, 0.3) is 0 Å². The zero-order valence-electron chi connectivity index (χ0n) is 8.74. The zero-order chi connectivity index (χ0) is 10.1. The maximum absolute atomic E-state index is 10.6. The fourth-order valence-electron chi connectivity index (χ4n) is 1.61. The molecular weight excluding hydrogens is 168 g/mol. The van der Waals surface area contributed by atoms with Gasteiger partial charge in [-0.05, 0) is 13.8 Å². The zero-order valence-corrected chi connectivity index (χ0v) is 8.74. The van der Waals surface area contributed by atoms with Crippen LogP contribution in [0.4, 0.5) is 0 Å². The van der Waals surface area contributed by atoms with E-state index in [2.05, 4.69) is 0 Å². The Balaban J connectivity index is 2.65. The van der Waals surface area contributed by atoms with Crippen molar-refractivity contribution in [1.82, 2.24) is 0 Å². The quantitative estimate of drug-likeness (QED) is 0.615. The van der Waals surface area contributed by atoms with Gasteiger partial charge >= 0.3 is 0 Å². The molecule has 1 rings (SSSR count). The van der Waals surface area contributed by atoms with Gasteiger partial charge in [0.25, 0.3) is 0 Å². The molecule has 3 heteroatoms. The van der Waals surface area contributed by atoms with Crippen LogP contribution in [0.3, 0.4) is 0 Å². The van der Waals surface area contributed by atoms with Crippen LogP contribution in [0, 0.1) is 11.8 Å². The van der Waals surface area contributed by atoms with Crippen molar-refractivity contribution in [3.8, 4) is 0 Å². The van der Waals surface area contributed by atoms with Crippen LogP contribution in [0.1, 0.15) is 27.7 Å². The minimum Gasteiger partial charge on any atom is -0.350 e. The number of rotatable bonds is 2. The van der Waals surface area contributed by atoms with Crippen molar-refractivity contribution in [2.45, 2.75) is 39.6 Å². The molecule has 1 saturated heterocycles. The molecule has 3 atom stereocenters. The predicted molar refractivity (Wildman–Crippen MR) is 49.3 cm³/mol. The van der Waals surface area contributed by atoms with Crippen molar-refractivity contribution in [2.75, 3.05) is 6.61 Å². The van der Waals surface area contributed by atoms with Crippen LogP contribution in [0.2, 0.25) is 0 Å². The summed E-state index contributed by atoms with van der Waals surface area (Å²) in [5.74, 6) is -0.319. The second-order valence-electron chi connectivity index (χ2n) is 4.27. The first kappa shape index (κ1) is 10.7. The number of carbonyl (C=O) groups excluding carboxylic acids is 1. The lowest BCUT2D eigenvalue weighted by Crippen LogP contribution is -2.47. The van der Waals surface area contributed by atoms with E-state index in [-0.39, 0.29) is 17.9 Å². The van der Waals surface area contributed by atoms with E-state index in [1.165, 1.54) is 0 Å². The molecule has 0 unspecified atom stereocenters. The fraction of sp³-hybridized carbons (Fsp3) is 0.900. The van der Waals surface area contributed by atoms with Gasteiger partial charge in [0, 0.05) is 11.8 Å². The Morgan fingerprint density at radius 1 is 1.54 bits per heavy atom. The van der Waals surface area contributed by atoms with E-state index in [9.17, 15) is 4.79 Å². The molecule has 13 heavy (non-hydrogen) atoms. The van der Waals surface area contributed by atoms with Crippen molar-refractivity contribution in [3.05, 3.63) is 0 Å². The van der Waals surface area contributed by atoms with E-state index in [0.717, 1.165) is 6.29 Å². The van der Waals surface area contributed by atoms with Crippen molar-refractivity contribution in [1.29, 1.82) is 0 Å². The fourth-order valence-corrected chi connectivity index (χ4v) is 1.61. The molecule has 0 aromatic heterocycles. The Morgan fingerprint density at radius 3 is 2.69 bits per heavy atom. The average molecular weight is 186 g/mol. The van der Waals surface area contributed by atoms with Crippen LogP contribution >= 0.6 is 0 Å². The molecule has 0 radical (unpaired) electrons. The molecule has 1 aliphatic heterocycles. The van der Waals surface area contributed by atoms with E-state index >= 15 is 0 Å². The maximum Gasteiger partial charge on any atom is 0.163 e. The lowest BCUT2D eigenvalue weighted by molar-refractivity contribution is -0.296. The minimum atomic E-state index is -0.547. The molecule has 0 aromatic rings. The number of carbonyl (C=O) groups is 1. The van der Waals surface area contributed by atoms with Crippen LogP contribution in [0.5, 0.6) is 0 Å². The van der Waals surface area contributed by atoms with Gasteiger partial charge < -0.3 is 14.3 Å². The summed E-state index contributed by atoms with van der Waals surface area (Å²) in [4.78, 5) is 10.6. The SMILES string of the molecule is C[C@H](C=O)[C@@H]1OC(C)(C)OC[C@H]1C. The molecule has 1 fully saturated rings. The van der Waals surface area contributed by atoms with E-state index in [1.807, 2.05) is 27.7 Å². The number of aldehydes is 1. The standard InChI is InChI=1S/C10H18O3/c1-7(5-11)9-8(2)6-12-10(3,4)13-9/h5,7-9H,6H2,1-4H3/t7-,8-,9+/m1/s1. The van der Waals surface area contributed by atoms with Gasteiger partial charge in [-0.15, -0.1) is 0 Å². The first-order valence-corrected chi connectivity index (χ1v) is 4.73. The van der Waals surface area contributed by atoms with Gasteiger partial charge in [-0.1, -0.05) is 13.8 Å². The minimum absolute atomic E-state index is 0.0127. The van der Waals surface area contributed by atoms with Crippen molar-refractivity contribution >= 4 is 6.29 Å². The second-order valence-corrected chi connectivity index (χ2v) is 4.27. The third kappa shape index (κ3) is 2.51. The Hall–Kier alpha value is -0.410. The predicted octanol–water partition coefficient (Wildman–Crippen LogP) is 1.61. The van der Waals surface area contributed by atoms with Gasteiger partial charge in [0.05, 0.1) is 12.7 Å². The Bertz CT molecular complexity index is 189. The van der Waals surface area contributed by atoms with Gasteiger partial charge in [0.15, 0.2) is 5.79 Å². The summed E-state index contributed by atoms with van der Waals surface area (Å²) in [6.07, 6.45) is 0.934. The highest BCUT2D eigenvalue weighted by Gasteiger charge is 2.36. The summed E-state index contributed by atoms with van der Waals surface area (Å²) in [6, 6.07) is 0. The summed E-state index contributed by atoms with van der Waals surface area (Å²) in [7, 11) is 0. The van der Waals surface area contributed by atoms with Crippen LogP contribution in [-0.4, -0.2) is 24.8 Å². The third-order valence-electron chi connectivity index (χ3n) is 2.41. The molecule has 0 aromatic carbocycles. The third-order valence-corrected chi connectivity index (χ3v) is 2.41. The molecule has 0 aliphatic carbocycles. The first-order chi connectivity index (χ1) is 5.96. The Morgan fingerprint density at radius 2 is 2.15 bits per heavy atom. The molecule has 0 bridgehead atoms. The van der Waals surface area contributed by atoms with Crippen molar-refractivity contribution in [3.63, 3.8) is 0 Å². The number of ether oxygens (including phenoxy) is 2. The van der Waals surface area contributed by atoms with E-state index < -0.39 is 5.79 Å². The smallest absolute Gasteiger partial charge is 0.163 e. The number of hydrogen-bond acceptors (Lipinski definition) is 3. The lowest BCUT2D eigenvalue weighted by Gasteiger charge is -2.41. The first-order valence-electron chi connectivity index (χ1n) is 4.73. The molecule has 76 valence electrons. The summed E-state index contributed by atoms with van der Waals surface area (Å²) in [5.41, 5.74) is 0. The monoisotopic (exact) mass is 186 g/mol. The molecule has 3 nitrogen and oxygen atoms in total. The number of hydrogen-bond donors (Lipinski definition) is 0. The van der Waals surface area contributed by atoms with E-state index in [1.54, 1.807) is 0 Å². The summed E-state index contributed by atoms with van der Waals surface area (Å²) in [6.45, 7) is 8.35. The van der Waals surface area contributed by atoms with E-state index in [0.29, 0.717) is 6.61 Å². The summed E-state index contributed by atoms with van der Waals surface area (Å²) >= 11 is 0. The van der Waals surface area contributed by atoms with Crippen LogP contribution < -0.4 is 0 Å². The van der Waals surface area contributed by atoms with Crippen molar-refractivity contribution < 1.29 is 14.3 Å². The van der Waals surface area contributed by atoms with Gasteiger partial charge in [0.1, 0.15) is 6.29 Å². The molecule has 0 N–H and O–H groups in total. The molecule has 0 amide bonds. The van der Waals surface area contributed by atoms with Crippen LogP contribution in [-0.2, 0) is 14.3 Å². The molecule has 1 aliphatic rings. The Labute approximate surface area is 79.4 Å². The van der Waals surface area contributed by atoms with E-state index in [4.69, 9.17) is 9.47 Å². The van der Waals surface area contributed by atoms with Crippen molar-refractivity contribution in [2.24, 2.45) is 11.8 Å². The summed E-state index contributed by atoms with van der Waals surface area (Å²) in [5, 5.41) is 0. The highest BCUT2D eigenvalue weighted by Crippen LogP contribution is 2.29. The average Bonchev–Trinajstić information content (AvgIpc) is 2.08. The highest BCUT2D eigenvalue weighted by molar-refractivity contribution is 5.53. The summed E-state index contributed by atoms with van der Waals surface area (Å²) < 4.78 is 11.1. The molecule has 0 spiro atoms. The normalized spacial score (nSPS) is 35.4. The lowest BCUT2D eigenvalue weighted by atomic mass is 9.93. The maximum atomic E-state index is 10.6. The van der Waals surface area contributed by atoms with Crippen LogP contribution in [0.15, 0.2) is 0 Å². The molecular formula is C10H18O3. The van der Waals surface area contributed by atoms with Gasteiger partial charge in [0.2, 0.25) is 0 Å². The second kappa shape index (κ2) is 3.76. The molecule has 1 heterocycles. The highest BCUT2D eigenvalue weighted by atomic mass is 16.7. The largest absolute Gasteiger partial charge is 0.350 e. The van der Waals surface area contributed by atoms with Gasteiger partial charge in [-0.3, -0.25) is 0 Å². The van der Waals surface area contributed by atoms with Gasteiger partial charge in [-0.2, -0.15) is 0 Å². The van der Waals surface area contributed by atoms with Gasteiger partial charge in [-0.25, -0.2) is 0 Å². The topological polar surface area (TPSA) is 35.5 Å². The Kier molecular flexibility index (Phi) is 3.09. The molecule has 0 saturated carbocycles.